The molecule has 0 aromatic heterocycles. The van der Waals surface area contributed by atoms with Crippen molar-refractivity contribution in [3.63, 3.8) is 0 Å². The van der Waals surface area contributed by atoms with E-state index in [4.69, 9.17) is 4.74 Å². The summed E-state index contributed by atoms with van der Waals surface area (Å²) in [4.78, 5) is 12.0. The molecular weight excluding hydrogens is 228 g/mol. The fourth-order valence-electron chi connectivity index (χ4n) is 1.47. The molecule has 3 heteroatoms. The van der Waals surface area contributed by atoms with Crippen molar-refractivity contribution in [2.24, 2.45) is 0 Å². The molecule has 1 N–H and O–H groups in total. The van der Waals surface area contributed by atoms with Crippen molar-refractivity contribution in [2.45, 2.75) is 13.8 Å². The van der Waals surface area contributed by atoms with Crippen molar-refractivity contribution in [1.29, 1.82) is 0 Å². The first-order valence-corrected chi connectivity index (χ1v) is 5.90. The molecule has 0 radical (unpaired) electrons. The smallest absolute Gasteiger partial charge is 0.191 e. The van der Waals surface area contributed by atoms with E-state index < -0.39 is 0 Å². The number of benzene rings is 1. The predicted octanol–water partition coefficient (Wildman–Crippen LogP) is 2.73. The van der Waals surface area contributed by atoms with Crippen molar-refractivity contribution >= 4 is 5.78 Å². The van der Waals surface area contributed by atoms with Gasteiger partial charge in [0.05, 0.1) is 19.0 Å². The molecule has 1 aromatic rings. The van der Waals surface area contributed by atoms with Crippen LogP contribution in [0.2, 0.25) is 0 Å². The summed E-state index contributed by atoms with van der Waals surface area (Å²) in [6.45, 7) is 3.99. The van der Waals surface area contributed by atoms with Crippen LogP contribution in [0, 0.1) is 0 Å². The summed E-state index contributed by atoms with van der Waals surface area (Å²) < 4.78 is 5.25. The Morgan fingerprint density at radius 2 is 1.94 bits per heavy atom. The number of allylic oxidation sites excluding steroid dienone is 3. The Morgan fingerprint density at radius 1 is 1.28 bits per heavy atom. The average molecular weight is 246 g/mol. The minimum absolute atomic E-state index is 0.168. The van der Waals surface area contributed by atoms with Gasteiger partial charge in [0.25, 0.3) is 0 Å². The highest BCUT2D eigenvalue weighted by molar-refractivity contribution is 6.08. The molecule has 0 aliphatic heterocycles. The number of Topliss-reactive ketones (excluding diaryl/α,β-unsaturated/α-hetero) is 1. The van der Waals surface area contributed by atoms with Crippen LogP contribution in [0.4, 0.5) is 0 Å². The zero-order chi connectivity index (χ0) is 13.4. The van der Waals surface area contributed by atoms with Crippen molar-refractivity contribution in [3.05, 3.63) is 59.4 Å². The van der Waals surface area contributed by atoms with E-state index in [9.17, 15) is 9.90 Å². The first-order chi connectivity index (χ1) is 8.69. The highest BCUT2D eigenvalue weighted by Gasteiger charge is 2.09. The number of ether oxygens (including phenoxy) is 1. The van der Waals surface area contributed by atoms with Gasteiger partial charge in [0.2, 0.25) is 0 Å². The van der Waals surface area contributed by atoms with Crippen molar-refractivity contribution in [1.82, 2.24) is 0 Å². The minimum atomic E-state index is -0.288. The van der Waals surface area contributed by atoms with Gasteiger partial charge in [0, 0.05) is 11.1 Å². The number of hydrogen-bond acceptors (Lipinski definition) is 3. The maximum Gasteiger partial charge on any atom is 0.191 e. The van der Waals surface area contributed by atoms with Crippen LogP contribution in [0.1, 0.15) is 24.2 Å². The quantitative estimate of drug-likeness (QED) is 0.363. The van der Waals surface area contributed by atoms with Gasteiger partial charge in [0.1, 0.15) is 0 Å². The molecule has 0 spiro atoms. The maximum atomic E-state index is 12.0. The monoisotopic (exact) mass is 246 g/mol. The highest BCUT2D eigenvalue weighted by Crippen LogP contribution is 2.09. The molecule has 0 amide bonds. The van der Waals surface area contributed by atoms with Crippen molar-refractivity contribution in [2.75, 3.05) is 13.2 Å². The van der Waals surface area contributed by atoms with Gasteiger partial charge in [-0.05, 0) is 26.0 Å². The number of carbonyl (C=O) groups is 1. The number of hydrogen-bond donors (Lipinski definition) is 1. The van der Waals surface area contributed by atoms with E-state index in [-0.39, 0.29) is 12.4 Å². The van der Waals surface area contributed by atoms with Gasteiger partial charge in [-0.3, -0.25) is 4.79 Å². The Hall–Kier alpha value is -1.87. The second-order valence-corrected chi connectivity index (χ2v) is 3.76. The third-order valence-electron chi connectivity index (χ3n) is 2.39. The summed E-state index contributed by atoms with van der Waals surface area (Å²) in [6.07, 6.45) is 3.29. The maximum absolute atomic E-state index is 12.0. The summed E-state index contributed by atoms with van der Waals surface area (Å²) >= 11 is 0. The van der Waals surface area contributed by atoms with Gasteiger partial charge in [-0.1, -0.05) is 30.3 Å². The second kappa shape index (κ2) is 7.45. The molecule has 0 heterocycles. The van der Waals surface area contributed by atoms with E-state index in [0.717, 1.165) is 0 Å². The fraction of sp³-hybridized carbons (Fsp3) is 0.267. The lowest BCUT2D eigenvalue weighted by Crippen LogP contribution is -2.06. The number of aliphatic hydroxyl groups excluding tert-OH is 1. The van der Waals surface area contributed by atoms with Gasteiger partial charge in [-0.2, -0.15) is 0 Å². The van der Waals surface area contributed by atoms with Crippen LogP contribution in [-0.2, 0) is 4.74 Å². The van der Waals surface area contributed by atoms with Crippen LogP contribution in [0.3, 0.4) is 0 Å². The molecule has 0 bridgehead atoms. The van der Waals surface area contributed by atoms with Gasteiger partial charge < -0.3 is 9.84 Å². The fourth-order valence-corrected chi connectivity index (χ4v) is 1.47. The molecule has 0 aliphatic carbocycles. The van der Waals surface area contributed by atoms with Crippen LogP contribution in [0.15, 0.2) is 53.8 Å². The topological polar surface area (TPSA) is 46.5 Å². The van der Waals surface area contributed by atoms with Gasteiger partial charge in [-0.15, -0.1) is 0 Å². The normalized spacial score (nSPS) is 12.4. The molecule has 1 rings (SSSR count). The van der Waals surface area contributed by atoms with E-state index in [2.05, 4.69) is 0 Å². The second-order valence-electron chi connectivity index (χ2n) is 3.76. The Bertz CT molecular complexity index is 444. The van der Waals surface area contributed by atoms with Gasteiger partial charge in [0.15, 0.2) is 5.78 Å². The number of ketones is 1. The van der Waals surface area contributed by atoms with E-state index >= 15 is 0 Å². The van der Waals surface area contributed by atoms with Crippen LogP contribution in [0.25, 0.3) is 0 Å². The molecule has 0 saturated carbocycles. The molecule has 1 aromatic carbocycles. The van der Waals surface area contributed by atoms with Crippen LogP contribution in [0.5, 0.6) is 0 Å². The number of rotatable bonds is 6. The van der Waals surface area contributed by atoms with E-state index in [0.29, 0.717) is 23.5 Å². The zero-order valence-corrected chi connectivity index (χ0v) is 10.7. The molecule has 0 atom stereocenters. The van der Waals surface area contributed by atoms with Gasteiger partial charge in [-0.25, -0.2) is 0 Å². The van der Waals surface area contributed by atoms with Gasteiger partial charge >= 0.3 is 0 Å². The minimum Gasteiger partial charge on any atom is -0.499 e. The van der Waals surface area contributed by atoms with E-state index in [1.165, 1.54) is 0 Å². The summed E-state index contributed by atoms with van der Waals surface area (Å²) in [5.74, 6) is 0.544. The Kier molecular flexibility index (Phi) is 5.88. The summed E-state index contributed by atoms with van der Waals surface area (Å²) in [5.41, 5.74) is 0.917. The highest BCUT2D eigenvalue weighted by atomic mass is 16.5. The molecular formula is C15H18O3. The Morgan fingerprint density at radius 3 is 2.50 bits per heavy atom. The van der Waals surface area contributed by atoms with Crippen LogP contribution >= 0.6 is 0 Å². The molecule has 0 unspecified atom stereocenters. The van der Waals surface area contributed by atoms with Crippen molar-refractivity contribution in [3.8, 4) is 0 Å². The number of aliphatic hydroxyl groups is 1. The predicted molar refractivity (Wildman–Crippen MR) is 71.3 cm³/mol. The largest absolute Gasteiger partial charge is 0.499 e. The van der Waals surface area contributed by atoms with Crippen molar-refractivity contribution < 1.29 is 14.6 Å². The third kappa shape index (κ3) is 4.18. The van der Waals surface area contributed by atoms with E-state index in [1.54, 1.807) is 36.4 Å². The SMILES string of the molecule is CCO/C(C)=C/C=C(\CO)C(=O)c1ccccc1. The lowest BCUT2D eigenvalue weighted by molar-refractivity contribution is 0.102. The Labute approximate surface area is 107 Å². The molecule has 3 nitrogen and oxygen atoms in total. The third-order valence-corrected chi connectivity index (χ3v) is 2.39. The standard InChI is InChI=1S/C15H18O3/c1-3-18-12(2)9-10-14(11-16)15(17)13-7-5-4-6-8-13/h4-10,16H,3,11H2,1-2H3/b12-9+,14-10+. The van der Waals surface area contributed by atoms with Crippen LogP contribution < -0.4 is 0 Å². The molecule has 0 saturated heterocycles. The zero-order valence-electron chi connectivity index (χ0n) is 10.7. The molecule has 0 fully saturated rings. The lowest BCUT2D eigenvalue weighted by atomic mass is 10.0. The molecule has 0 aliphatic rings. The summed E-state index contributed by atoms with van der Waals surface area (Å²) in [5, 5.41) is 9.24. The first kappa shape index (κ1) is 14.2. The summed E-state index contributed by atoms with van der Waals surface area (Å²) in [7, 11) is 0. The summed E-state index contributed by atoms with van der Waals surface area (Å²) in [6, 6.07) is 8.89. The molecule has 96 valence electrons. The van der Waals surface area contributed by atoms with E-state index in [1.807, 2.05) is 19.9 Å². The lowest BCUT2D eigenvalue weighted by Gasteiger charge is -2.03. The van der Waals surface area contributed by atoms with Crippen LogP contribution in [-0.4, -0.2) is 24.1 Å². The average Bonchev–Trinajstić information content (AvgIpc) is 2.40. The number of carbonyl (C=O) groups excluding carboxylic acids is 1. The first-order valence-electron chi connectivity index (χ1n) is 5.90. The molecule has 18 heavy (non-hydrogen) atoms. The Balaban J connectivity index is 2.87.